The Bertz CT molecular complexity index is 1310. The highest BCUT2D eigenvalue weighted by atomic mass is 31.2. The van der Waals surface area contributed by atoms with E-state index in [2.05, 4.69) is 101 Å². The molecule has 164 valence electrons. The van der Waals surface area contributed by atoms with Gasteiger partial charge in [0.25, 0.3) is 0 Å². The van der Waals surface area contributed by atoms with E-state index >= 15 is 0 Å². The molecule has 0 spiro atoms. The van der Waals surface area contributed by atoms with Gasteiger partial charge in [0, 0.05) is 15.9 Å². The third kappa shape index (κ3) is 4.66. The van der Waals surface area contributed by atoms with Crippen molar-refractivity contribution in [3.63, 3.8) is 0 Å². The third-order valence-electron chi connectivity index (χ3n) is 5.54. The average Bonchev–Trinajstić information content (AvgIpc) is 2.93. The standard InChI is InChI=1S/C30H24N3P/c1-5-13-25(14-6-1)31-32-26-21-23-27(24-22-26)33-34(28-15-7-2-8-16-28,29-17-9-3-10-18-29)30-19-11-4-12-20-30/h1-24H. The number of azo groups is 1. The number of benzene rings is 5. The molecule has 0 unspecified atom stereocenters. The predicted octanol–water partition coefficient (Wildman–Crippen LogP) is 7.91. The first-order chi connectivity index (χ1) is 16.8. The lowest BCUT2D eigenvalue weighted by atomic mass is 10.3. The molecule has 0 aliphatic rings. The minimum atomic E-state index is -2.28. The molecule has 0 fully saturated rings. The van der Waals surface area contributed by atoms with E-state index in [1.165, 1.54) is 15.9 Å². The van der Waals surface area contributed by atoms with Gasteiger partial charge in [0.1, 0.15) is 0 Å². The summed E-state index contributed by atoms with van der Waals surface area (Å²) in [5.74, 6) is 0. The van der Waals surface area contributed by atoms with E-state index in [4.69, 9.17) is 4.74 Å². The Morgan fingerprint density at radius 2 is 0.647 bits per heavy atom. The Morgan fingerprint density at radius 1 is 0.324 bits per heavy atom. The van der Waals surface area contributed by atoms with Crippen molar-refractivity contribution in [1.82, 2.24) is 0 Å². The Morgan fingerprint density at radius 3 is 1.06 bits per heavy atom. The van der Waals surface area contributed by atoms with Gasteiger partial charge < -0.3 is 0 Å². The van der Waals surface area contributed by atoms with Crippen molar-refractivity contribution in [3.05, 3.63) is 146 Å². The van der Waals surface area contributed by atoms with E-state index in [0.29, 0.717) is 0 Å². The summed E-state index contributed by atoms with van der Waals surface area (Å²) >= 11 is 0. The maximum absolute atomic E-state index is 5.50. The van der Waals surface area contributed by atoms with E-state index < -0.39 is 7.05 Å². The fraction of sp³-hybridized carbons (Fsp3) is 0. The molecule has 5 rings (SSSR count). The van der Waals surface area contributed by atoms with Gasteiger partial charge in [-0.05, 0) is 36.4 Å². The van der Waals surface area contributed by atoms with Crippen molar-refractivity contribution in [2.24, 2.45) is 15.0 Å². The quantitative estimate of drug-likeness (QED) is 0.184. The summed E-state index contributed by atoms with van der Waals surface area (Å²) in [4.78, 5) is 0. The fourth-order valence-electron chi connectivity index (χ4n) is 3.92. The van der Waals surface area contributed by atoms with Crippen molar-refractivity contribution >= 4 is 40.0 Å². The van der Waals surface area contributed by atoms with Gasteiger partial charge in [0.05, 0.1) is 24.1 Å². The summed E-state index contributed by atoms with van der Waals surface area (Å²) in [5, 5.41) is 12.4. The average molecular weight is 458 g/mol. The van der Waals surface area contributed by atoms with Crippen LogP contribution in [0.2, 0.25) is 0 Å². The number of hydrogen-bond donors (Lipinski definition) is 0. The molecule has 0 aromatic heterocycles. The normalized spacial score (nSPS) is 11.4. The highest BCUT2D eigenvalue weighted by molar-refractivity contribution is 7.87. The van der Waals surface area contributed by atoms with Crippen molar-refractivity contribution in [2.75, 3.05) is 0 Å². The third-order valence-corrected chi connectivity index (χ3v) is 9.21. The van der Waals surface area contributed by atoms with E-state index in [1.54, 1.807) is 0 Å². The lowest BCUT2D eigenvalue weighted by molar-refractivity contribution is 1.23. The van der Waals surface area contributed by atoms with Crippen molar-refractivity contribution < 1.29 is 0 Å². The summed E-state index contributed by atoms with van der Waals surface area (Å²) in [5.41, 5.74) is 2.55. The van der Waals surface area contributed by atoms with Gasteiger partial charge in [0.15, 0.2) is 0 Å². The molecule has 0 heterocycles. The van der Waals surface area contributed by atoms with E-state index in [-0.39, 0.29) is 0 Å². The first-order valence-electron chi connectivity index (χ1n) is 11.2. The number of hydrogen-bond acceptors (Lipinski definition) is 3. The van der Waals surface area contributed by atoms with Crippen LogP contribution in [0, 0.1) is 0 Å². The molecule has 0 saturated carbocycles. The molecule has 0 saturated heterocycles. The molecule has 0 radical (unpaired) electrons. The van der Waals surface area contributed by atoms with Gasteiger partial charge in [-0.2, -0.15) is 10.2 Å². The minimum Gasteiger partial charge on any atom is -0.254 e. The first kappa shape index (κ1) is 21.8. The summed E-state index contributed by atoms with van der Waals surface area (Å²) < 4.78 is 5.50. The van der Waals surface area contributed by atoms with Crippen molar-refractivity contribution in [3.8, 4) is 0 Å². The summed E-state index contributed by atoms with van der Waals surface area (Å²) in [7, 11) is -2.28. The zero-order valence-electron chi connectivity index (χ0n) is 18.6. The Kier molecular flexibility index (Phi) is 6.56. The molecule has 0 aliphatic heterocycles. The van der Waals surface area contributed by atoms with Crippen LogP contribution in [-0.4, -0.2) is 0 Å². The Labute approximate surface area is 200 Å². The second-order valence-electron chi connectivity index (χ2n) is 7.79. The maximum Gasteiger partial charge on any atom is 0.0858 e. The zero-order chi connectivity index (χ0) is 23.1. The first-order valence-corrected chi connectivity index (χ1v) is 12.9. The van der Waals surface area contributed by atoms with E-state index in [0.717, 1.165) is 17.1 Å². The minimum absolute atomic E-state index is 0.797. The van der Waals surface area contributed by atoms with Gasteiger partial charge in [-0.1, -0.05) is 109 Å². The molecule has 0 atom stereocenters. The largest absolute Gasteiger partial charge is 0.254 e. The van der Waals surface area contributed by atoms with Crippen LogP contribution in [0.15, 0.2) is 161 Å². The number of rotatable bonds is 6. The predicted molar refractivity (Wildman–Crippen MR) is 144 cm³/mol. The van der Waals surface area contributed by atoms with Crippen molar-refractivity contribution in [2.45, 2.75) is 0 Å². The highest BCUT2D eigenvalue weighted by Crippen LogP contribution is 2.49. The molecular weight excluding hydrogens is 433 g/mol. The second kappa shape index (κ2) is 10.2. The molecule has 34 heavy (non-hydrogen) atoms. The summed E-state index contributed by atoms with van der Waals surface area (Å²) in [6, 6.07) is 49.7. The molecule has 0 amide bonds. The molecule has 3 nitrogen and oxygen atoms in total. The molecule has 4 heteroatoms. The Hall–Kier alpha value is -4.07. The van der Waals surface area contributed by atoms with Crippen LogP contribution < -0.4 is 15.9 Å². The molecule has 0 bridgehead atoms. The monoisotopic (exact) mass is 457 g/mol. The van der Waals surface area contributed by atoms with Crippen LogP contribution >= 0.6 is 7.05 Å². The lowest BCUT2D eigenvalue weighted by Gasteiger charge is -2.27. The maximum atomic E-state index is 5.50. The van der Waals surface area contributed by atoms with Crippen LogP contribution in [0.1, 0.15) is 0 Å². The van der Waals surface area contributed by atoms with Crippen LogP contribution in [0.4, 0.5) is 17.1 Å². The number of nitrogens with zero attached hydrogens (tertiary/aromatic N) is 3. The highest BCUT2D eigenvalue weighted by Gasteiger charge is 2.27. The van der Waals surface area contributed by atoms with Gasteiger partial charge in [-0.3, -0.25) is 4.74 Å². The summed E-state index contributed by atoms with van der Waals surface area (Å²) in [6.07, 6.45) is 0. The molecule has 5 aromatic rings. The molecule has 0 aliphatic carbocycles. The van der Waals surface area contributed by atoms with Crippen LogP contribution in [0.5, 0.6) is 0 Å². The van der Waals surface area contributed by atoms with Gasteiger partial charge in [-0.25, -0.2) is 0 Å². The van der Waals surface area contributed by atoms with Gasteiger partial charge in [-0.15, -0.1) is 0 Å². The SMILES string of the molecule is c1ccc(N=Nc2ccc(N=P(c3ccccc3)(c3ccccc3)c3ccccc3)cc2)cc1. The van der Waals surface area contributed by atoms with E-state index in [9.17, 15) is 0 Å². The van der Waals surface area contributed by atoms with Crippen LogP contribution in [0.25, 0.3) is 0 Å². The van der Waals surface area contributed by atoms with Crippen LogP contribution in [-0.2, 0) is 0 Å². The zero-order valence-corrected chi connectivity index (χ0v) is 19.5. The second-order valence-corrected chi connectivity index (χ2v) is 10.8. The molecule has 0 N–H and O–H groups in total. The van der Waals surface area contributed by atoms with Gasteiger partial charge in [0.2, 0.25) is 0 Å². The fourth-order valence-corrected chi connectivity index (χ4v) is 7.45. The lowest BCUT2D eigenvalue weighted by Crippen LogP contribution is -2.25. The molecule has 5 aromatic carbocycles. The van der Waals surface area contributed by atoms with Crippen LogP contribution in [0.3, 0.4) is 0 Å². The Balaban J connectivity index is 1.65. The van der Waals surface area contributed by atoms with E-state index in [1.807, 2.05) is 54.6 Å². The van der Waals surface area contributed by atoms with Crippen molar-refractivity contribution in [1.29, 1.82) is 0 Å². The topological polar surface area (TPSA) is 37.1 Å². The summed E-state index contributed by atoms with van der Waals surface area (Å²) in [6.45, 7) is 0. The molecular formula is C30H24N3P. The smallest absolute Gasteiger partial charge is 0.0858 e. The van der Waals surface area contributed by atoms with Gasteiger partial charge >= 0.3 is 0 Å².